The molecule has 1 spiro atoms. The number of rotatable bonds is 5. The molecule has 0 aliphatic carbocycles. The number of hydrogen-bond donors (Lipinski definition) is 0. The van der Waals surface area contributed by atoms with Crippen LogP contribution in [0.1, 0.15) is 32.3 Å². The first-order chi connectivity index (χ1) is 17.9. The molecule has 2 saturated heterocycles. The highest BCUT2D eigenvalue weighted by Gasteiger charge is 2.59. The summed E-state index contributed by atoms with van der Waals surface area (Å²) in [5.41, 5.74) is -1.75. The van der Waals surface area contributed by atoms with Crippen molar-refractivity contribution >= 4 is 34.7 Å². The Balaban J connectivity index is 1.43. The Bertz CT molecular complexity index is 1380. The molecule has 0 aromatic carbocycles. The van der Waals surface area contributed by atoms with E-state index in [1.165, 1.54) is 17.3 Å². The van der Waals surface area contributed by atoms with Gasteiger partial charge in [-0.1, -0.05) is 0 Å². The lowest BCUT2D eigenvalue weighted by Gasteiger charge is -2.44. The number of urea groups is 1. The second kappa shape index (κ2) is 9.13. The quantitative estimate of drug-likeness (QED) is 0.361. The van der Waals surface area contributed by atoms with Crippen LogP contribution in [0.2, 0.25) is 0 Å². The fourth-order valence-corrected chi connectivity index (χ4v) is 5.14. The maximum absolute atomic E-state index is 13.7. The van der Waals surface area contributed by atoms with Crippen molar-refractivity contribution in [1.29, 1.82) is 0 Å². The minimum Gasteiger partial charge on any atom is -0.355 e. The number of amides is 3. The smallest absolute Gasteiger partial charge is 0.355 e. The summed E-state index contributed by atoms with van der Waals surface area (Å²) in [5.74, 6) is -0.629. The van der Waals surface area contributed by atoms with Gasteiger partial charge in [0.2, 0.25) is 0 Å². The number of aromatic nitrogens is 5. The zero-order valence-electron chi connectivity index (χ0n) is 20.4. The van der Waals surface area contributed by atoms with E-state index in [2.05, 4.69) is 20.1 Å². The monoisotopic (exact) mass is 538 g/mol. The molecular weight excluding hydrogens is 515 g/mol. The van der Waals surface area contributed by atoms with Gasteiger partial charge in [-0.15, -0.1) is 0 Å². The molecular formula is C23H23F5N8O2. The summed E-state index contributed by atoms with van der Waals surface area (Å²) in [6, 6.07) is 0.306. The van der Waals surface area contributed by atoms with E-state index in [9.17, 15) is 31.5 Å². The lowest BCUT2D eigenvalue weighted by molar-refractivity contribution is -0.137. The third kappa shape index (κ3) is 4.19. The fourth-order valence-electron chi connectivity index (χ4n) is 5.14. The van der Waals surface area contributed by atoms with E-state index in [1.807, 2.05) is 4.90 Å². The molecule has 3 aromatic heterocycles. The van der Waals surface area contributed by atoms with Crippen LogP contribution >= 0.6 is 0 Å². The second-order valence-electron chi connectivity index (χ2n) is 9.46. The molecule has 3 amide bonds. The molecule has 0 radical (unpaired) electrons. The maximum Gasteiger partial charge on any atom is 0.416 e. The van der Waals surface area contributed by atoms with Crippen molar-refractivity contribution < 1.29 is 31.5 Å². The number of piperidine rings is 1. The van der Waals surface area contributed by atoms with Gasteiger partial charge in [-0.2, -0.15) is 18.3 Å². The summed E-state index contributed by atoms with van der Waals surface area (Å²) in [6.45, 7) is 3.34. The Labute approximate surface area is 213 Å². The highest BCUT2D eigenvalue weighted by Crippen LogP contribution is 2.42. The first-order valence-corrected chi connectivity index (χ1v) is 11.8. The van der Waals surface area contributed by atoms with Gasteiger partial charge in [-0.05, 0) is 38.8 Å². The van der Waals surface area contributed by atoms with Crippen molar-refractivity contribution in [2.45, 2.75) is 57.4 Å². The molecule has 0 saturated carbocycles. The van der Waals surface area contributed by atoms with Crippen molar-refractivity contribution in [1.82, 2.24) is 29.6 Å². The van der Waals surface area contributed by atoms with Crippen LogP contribution in [0, 0.1) is 0 Å². The number of alkyl halides is 5. The molecule has 2 aliphatic rings. The Kier molecular flexibility index (Phi) is 6.18. The molecule has 0 N–H and O–H groups in total. The molecule has 3 aromatic rings. The van der Waals surface area contributed by atoms with E-state index in [4.69, 9.17) is 0 Å². The van der Waals surface area contributed by atoms with E-state index >= 15 is 0 Å². The number of carbonyl (C=O) groups is 2. The van der Waals surface area contributed by atoms with Crippen molar-refractivity contribution in [2.75, 3.05) is 22.9 Å². The minimum atomic E-state index is -4.67. The minimum absolute atomic E-state index is 0.168. The molecule has 5 rings (SSSR count). The molecule has 0 atom stereocenters. The average Bonchev–Trinajstić information content (AvgIpc) is 3.34. The van der Waals surface area contributed by atoms with Gasteiger partial charge in [-0.25, -0.2) is 38.1 Å². The number of hydrogen-bond acceptors (Lipinski definition) is 7. The number of fused-ring (bicyclic) bond motifs is 1. The van der Waals surface area contributed by atoms with Crippen LogP contribution in [-0.2, 0) is 17.5 Å². The summed E-state index contributed by atoms with van der Waals surface area (Å²) in [6.07, 6.45) is -3.21. The Hall–Kier alpha value is -3.91. The molecule has 0 unspecified atom stereocenters. The van der Waals surface area contributed by atoms with Gasteiger partial charge in [0.05, 0.1) is 18.0 Å². The molecule has 5 heterocycles. The van der Waals surface area contributed by atoms with Crippen molar-refractivity contribution in [2.24, 2.45) is 0 Å². The average molecular weight is 538 g/mol. The second-order valence-corrected chi connectivity index (χ2v) is 9.46. The zero-order chi connectivity index (χ0) is 27.4. The third-order valence-electron chi connectivity index (χ3n) is 6.84. The summed E-state index contributed by atoms with van der Waals surface area (Å²) in [5, 5.41) is 3.91. The van der Waals surface area contributed by atoms with Crippen LogP contribution in [0.4, 0.5) is 38.4 Å². The Morgan fingerprint density at radius 2 is 1.76 bits per heavy atom. The molecule has 0 bridgehead atoms. The van der Waals surface area contributed by atoms with E-state index in [-0.39, 0.29) is 37.4 Å². The van der Waals surface area contributed by atoms with E-state index in [1.54, 1.807) is 13.8 Å². The van der Waals surface area contributed by atoms with Gasteiger partial charge in [0, 0.05) is 25.3 Å². The summed E-state index contributed by atoms with van der Waals surface area (Å²) in [7, 11) is 0. The van der Waals surface area contributed by atoms with Gasteiger partial charge < -0.3 is 9.80 Å². The summed E-state index contributed by atoms with van der Waals surface area (Å²) in [4.78, 5) is 43.6. The van der Waals surface area contributed by atoms with E-state index in [0.29, 0.717) is 17.4 Å². The van der Waals surface area contributed by atoms with Gasteiger partial charge in [-0.3, -0.25) is 4.79 Å². The predicted molar refractivity (Wildman–Crippen MR) is 125 cm³/mol. The topological polar surface area (TPSA) is 100 Å². The molecule has 38 heavy (non-hydrogen) atoms. The van der Waals surface area contributed by atoms with Crippen molar-refractivity contribution in [3.05, 3.63) is 36.3 Å². The predicted octanol–water partition coefficient (Wildman–Crippen LogP) is 3.72. The fraction of sp³-hybridized carbons (Fsp3) is 0.478. The van der Waals surface area contributed by atoms with Crippen LogP contribution in [0.25, 0.3) is 11.2 Å². The van der Waals surface area contributed by atoms with E-state index in [0.717, 1.165) is 21.8 Å². The van der Waals surface area contributed by atoms with Crippen LogP contribution < -0.4 is 9.80 Å². The number of anilines is 2. The van der Waals surface area contributed by atoms with Crippen molar-refractivity contribution in [3.8, 4) is 0 Å². The number of nitrogens with zero attached hydrogens (tertiary/aromatic N) is 8. The maximum atomic E-state index is 13.7. The zero-order valence-corrected chi connectivity index (χ0v) is 20.4. The SMILES string of the molecule is CC(C)N1C(=O)N(c2cc(C(F)(F)F)ccn2)C(=O)C12CCN(c1cnc3cnn(CC(F)F)c3n1)CC2. The summed E-state index contributed by atoms with van der Waals surface area (Å²) < 4.78 is 66.7. The van der Waals surface area contributed by atoms with Crippen LogP contribution in [0.3, 0.4) is 0 Å². The third-order valence-corrected chi connectivity index (χ3v) is 6.84. The normalized spacial score (nSPS) is 18.2. The lowest BCUT2D eigenvalue weighted by atomic mass is 9.85. The first kappa shape index (κ1) is 25.7. The van der Waals surface area contributed by atoms with Crippen LogP contribution in [-0.4, -0.2) is 72.7 Å². The van der Waals surface area contributed by atoms with Gasteiger partial charge in [0.25, 0.3) is 12.3 Å². The van der Waals surface area contributed by atoms with Crippen LogP contribution in [0.15, 0.2) is 30.7 Å². The number of pyridine rings is 1. The van der Waals surface area contributed by atoms with Gasteiger partial charge in [0.1, 0.15) is 29.2 Å². The Morgan fingerprint density at radius 3 is 2.39 bits per heavy atom. The van der Waals surface area contributed by atoms with Gasteiger partial charge in [0.15, 0.2) is 5.65 Å². The number of imide groups is 1. The van der Waals surface area contributed by atoms with Gasteiger partial charge >= 0.3 is 12.2 Å². The Morgan fingerprint density at radius 1 is 1.05 bits per heavy atom. The standard InChI is InChI=1S/C23H23F5N8O2/c1-13(2)36-21(38)35(17-9-14(3-6-29-17)23(26,27)28)20(37)22(36)4-7-33(8-5-22)18-11-30-15-10-31-34(12-16(24)25)19(15)32-18/h3,6,9-11,13,16H,4-5,7-8,12H2,1-2H3. The molecule has 202 valence electrons. The summed E-state index contributed by atoms with van der Waals surface area (Å²) >= 11 is 0. The largest absolute Gasteiger partial charge is 0.416 e. The number of carbonyl (C=O) groups excluding carboxylic acids is 2. The molecule has 10 nitrogen and oxygen atoms in total. The van der Waals surface area contributed by atoms with E-state index < -0.39 is 48.2 Å². The first-order valence-electron chi connectivity index (χ1n) is 11.8. The lowest BCUT2D eigenvalue weighted by Crippen LogP contribution is -2.58. The molecule has 2 fully saturated rings. The molecule has 2 aliphatic heterocycles. The highest BCUT2D eigenvalue weighted by atomic mass is 19.4. The molecule has 15 heteroatoms. The van der Waals surface area contributed by atoms with Crippen LogP contribution in [0.5, 0.6) is 0 Å². The highest BCUT2D eigenvalue weighted by molar-refractivity contribution is 6.23. The van der Waals surface area contributed by atoms with Crippen molar-refractivity contribution in [3.63, 3.8) is 0 Å². The number of halogens is 5.